The lowest BCUT2D eigenvalue weighted by Gasteiger charge is -2.27. The van der Waals surface area contributed by atoms with Crippen LogP contribution < -0.4 is 5.32 Å². The highest BCUT2D eigenvalue weighted by Gasteiger charge is 2.38. The van der Waals surface area contributed by atoms with Crippen molar-refractivity contribution in [2.75, 3.05) is 13.1 Å². The SMILES string of the molecule is FC(F)(F)c1[nH]ncc1C1CNC1. The van der Waals surface area contributed by atoms with Crippen LogP contribution in [-0.4, -0.2) is 23.3 Å². The number of halogens is 3. The van der Waals surface area contributed by atoms with Gasteiger partial charge in [0.2, 0.25) is 0 Å². The minimum absolute atomic E-state index is 0.0459. The number of hydrogen-bond acceptors (Lipinski definition) is 2. The minimum Gasteiger partial charge on any atom is -0.315 e. The summed E-state index contributed by atoms with van der Waals surface area (Å²) >= 11 is 0. The minimum atomic E-state index is -4.32. The van der Waals surface area contributed by atoms with E-state index in [0.717, 1.165) is 0 Å². The maximum absolute atomic E-state index is 12.3. The summed E-state index contributed by atoms with van der Waals surface area (Å²) in [5.74, 6) is -0.0459. The predicted molar refractivity (Wildman–Crippen MR) is 39.2 cm³/mol. The highest BCUT2D eigenvalue weighted by molar-refractivity contribution is 5.26. The van der Waals surface area contributed by atoms with Gasteiger partial charge >= 0.3 is 6.18 Å². The van der Waals surface area contributed by atoms with Crippen LogP contribution in [0, 0.1) is 0 Å². The van der Waals surface area contributed by atoms with Gasteiger partial charge in [-0.05, 0) is 0 Å². The number of nitrogens with one attached hydrogen (secondary N) is 2. The average Bonchev–Trinajstić information content (AvgIpc) is 2.29. The molecule has 1 aliphatic heterocycles. The highest BCUT2D eigenvalue weighted by atomic mass is 19.4. The van der Waals surface area contributed by atoms with E-state index in [4.69, 9.17) is 0 Å². The second kappa shape index (κ2) is 2.73. The molecule has 2 N–H and O–H groups in total. The summed E-state index contributed by atoms with van der Waals surface area (Å²) in [5, 5.41) is 8.33. The Morgan fingerprint density at radius 3 is 2.54 bits per heavy atom. The summed E-state index contributed by atoms with van der Waals surface area (Å²) in [6.07, 6.45) is -3.06. The largest absolute Gasteiger partial charge is 0.433 e. The molecule has 0 aromatic carbocycles. The Labute approximate surface area is 72.3 Å². The van der Waals surface area contributed by atoms with Gasteiger partial charge in [-0.2, -0.15) is 18.3 Å². The maximum Gasteiger partial charge on any atom is 0.433 e. The van der Waals surface area contributed by atoms with Crippen LogP contribution >= 0.6 is 0 Å². The molecular formula is C7H8F3N3. The van der Waals surface area contributed by atoms with Crippen molar-refractivity contribution < 1.29 is 13.2 Å². The van der Waals surface area contributed by atoms with E-state index in [9.17, 15) is 13.2 Å². The van der Waals surface area contributed by atoms with E-state index < -0.39 is 11.9 Å². The molecule has 1 aliphatic rings. The molecule has 0 aliphatic carbocycles. The molecular weight excluding hydrogens is 183 g/mol. The van der Waals surface area contributed by atoms with E-state index in [-0.39, 0.29) is 11.5 Å². The van der Waals surface area contributed by atoms with Gasteiger partial charge in [-0.25, -0.2) is 0 Å². The molecule has 0 saturated carbocycles. The standard InChI is InChI=1S/C7H8F3N3/c8-7(9,10)6-5(3-12-13-6)4-1-11-2-4/h3-4,11H,1-2H2,(H,12,13). The van der Waals surface area contributed by atoms with Crippen molar-refractivity contribution in [3.05, 3.63) is 17.5 Å². The lowest BCUT2D eigenvalue weighted by atomic mass is 9.94. The van der Waals surface area contributed by atoms with Crippen LogP contribution in [0.25, 0.3) is 0 Å². The molecule has 2 heterocycles. The second-order valence-electron chi connectivity index (χ2n) is 3.05. The van der Waals surface area contributed by atoms with Crippen LogP contribution in [-0.2, 0) is 6.18 Å². The molecule has 0 spiro atoms. The quantitative estimate of drug-likeness (QED) is 0.698. The first-order valence-corrected chi connectivity index (χ1v) is 3.90. The van der Waals surface area contributed by atoms with E-state index in [2.05, 4.69) is 10.4 Å². The normalized spacial score (nSPS) is 18.7. The van der Waals surface area contributed by atoms with E-state index in [0.29, 0.717) is 13.1 Å². The first kappa shape index (κ1) is 8.55. The van der Waals surface area contributed by atoms with Crippen molar-refractivity contribution in [3.8, 4) is 0 Å². The monoisotopic (exact) mass is 191 g/mol. The van der Waals surface area contributed by atoms with Gasteiger partial charge in [-0.1, -0.05) is 0 Å². The van der Waals surface area contributed by atoms with Crippen LogP contribution in [0.2, 0.25) is 0 Å². The van der Waals surface area contributed by atoms with Crippen molar-refractivity contribution in [2.45, 2.75) is 12.1 Å². The fourth-order valence-electron chi connectivity index (χ4n) is 1.34. The third-order valence-electron chi connectivity index (χ3n) is 2.17. The molecule has 0 atom stereocenters. The number of aromatic amines is 1. The van der Waals surface area contributed by atoms with Crippen molar-refractivity contribution in [1.82, 2.24) is 15.5 Å². The van der Waals surface area contributed by atoms with Gasteiger partial charge in [0.1, 0.15) is 5.69 Å². The molecule has 1 saturated heterocycles. The van der Waals surface area contributed by atoms with Crippen LogP contribution in [0.1, 0.15) is 17.2 Å². The zero-order valence-corrected chi connectivity index (χ0v) is 6.65. The number of alkyl halides is 3. The summed E-state index contributed by atoms with van der Waals surface area (Å²) in [6, 6.07) is 0. The molecule has 1 fully saturated rings. The van der Waals surface area contributed by atoms with Gasteiger partial charge in [-0.15, -0.1) is 0 Å². The summed E-state index contributed by atoms with van der Waals surface area (Å²) < 4.78 is 36.9. The second-order valence-corrected chi connectivity index (χ2v) is 3.05. The average molecular weight is 191 g/mol. The molecule has 1 aromatic rings. The summed E-state index contributed by atoms with van der Waals surface area (Å²) in [6.45, 7) is 1.20. The summed E-state index contributed by atoms with van der Waals surface area (Å²) in [7, 11) is 0. The summed E-state index contributed by atoms with van der Waals surface area (Å²) in [5.41, 5.74) is -0.440. The van der Waals surface area contributed by atoms with E-state index in [1.54, 1.807) is 0 Å². The van der Waals surface area contributed by atoms with E-state index in [1.807, 2.05) is 5.10 Å². The molecule has 13 heavy (non-hydrogen) atoms. The molecule has 0 radical (unpaired) electrons. The predicted octanol–water partition coefficient (Wildman–Crippen LogP) is 1.12. The lowest BCUT2D eigenvalue weighted by Crippen LogP contribution is -2.40. The van der Waals surface area contributed by atoms with Gasteiger partial charge in [-0.3, -0.25) is 5.10 Å². The Hall–Kier alpha value is -1.04. The molecule has 3 nitrogen and oxygen atoms in total. The van der Waals surface area contributed by atoms with Crippen LogP contribution in [0.15, 0.2) is 6.20 Å². The first-order chi connectivity index (χ1) is 6.09. The molecule has 6 heteroatoms. The number of rotatable bonds is 1. The van der Waals surface area contributed by atoms with Crippen LogP contribution in [0.5, 0.6) is 0 Å². The fourth-order valence-corrected chi connectivity index (χ4v) is 1.34. The van der Waals surface area contributed by atoms with Crippen molar-refractivity contribution in [3.63, 3.8) is 0 Å². The third-order valence-corrected chi connectivity index (χ3v) is 2.17. The van der Waals surface area contributed by atoms with Gasteiger partial charge < -0.3 is 5.32 Å². The number of aromatic nitrogens is 2. The van der Waals surface area contributed by atoms with Crippen molar-refractivity contribution in [2.24, 2.45) is 0 Å². The van der Waals surface area contributed by atoms with Gasteiger partial charge in [0.25, 0.3) is 0 Å². The zero-order chi connectivity index (χ0) is 9.47. The van der Waals surface area contributed by atoms with Crippen LogP contribution in [0.3, 0.4) is 0 Å². The Balaban J connectivity index is 2.30. The smallest absolute Gasteiger partial charge is 0.315 e. The number of nitrogens with zero attached hydrogens (tertiary/aromatic N) is 1. The fraction of sp³-hybridized carbons (Fsp3) is 0.571. The molecule has 0 bridgehead atoms. The van der Waals surface area contributed by atoms with E-state index in [1.165, 1.54) is 6.20 Å². The van der Waals surface area contributed by atoms with Crippen molar-refractivity contribution >= 4 is 0 Å². The van der Waals surface area contributed by atoms with Gasteiger partial charge in [0.05, 0.1) is 6.20 Å². The Morgan fingerprint density at radius 2 is 2.08 bits per heavy atom. The molecule has 1 aromatic heterocycles. The number of hydrogen-bond donors (Lipinski definition) is 2. The number of H-pyrrole nitrogens is 1. The first-order valence-electron chi connectivity index (χ1n) is 3.90. The van der Waals surface area contributed by atoms with Crippen molar-refractivity contribution in [1.29, 1.82) is 0 Å². The molecule has 72 valence electrons. The Morgan fingerprint density at radius 1 is 1.38 bits per heavy atom. The third kappa shape index (κ3) is 1.41. The van der Waals surface area contributed by atoms with Crippen LogP contribution in [0.4, 0.5) is 13.2 Å². The summed E-state index contributed by atoms with van der Waals surface area (Å²) in [4.78, 5) is 0. The zero-order valence-electron chi connectivity index (χ0n) is 6.65. The Kier molecular flexibility index (Phi) is 1.80. The maximum atomic E-state index is 12.3. The molecule has 0 amide bonds. The van der Waals surface area contributed by atoms with E-state index >= 15 is 0 Å². The van der Waals surface area contributed by atoms with Gasteiger partial charge in [0, 0.05) is 24.6 Å². The molecule has 2 rings (SSSR count). The Bertz CT molecular complexity index is 300. The topological polar surface area (TPSA) is 40.7 Å². The van der Waals surface area contributed by atoms with Gasteiger partial charge in [0.15, 0.2) is 0 Å². The highest BCUT2D eigenvalue weighted by Crippen LogP contribution is 2.34. The molecule has 0 unspecified atom stereocenters. The lowest BCUT2D eigenvalue weighted by molar-refractivity contribution is -0.142.